The first-order valence-corrected chi connectivity index (χ1v) is 8.79. The fourth-order valence-corrected chi connectivity index (χ4v) is 4.82. The summed E-state index contributed by atoms with van der Waals surface area (Å²) in [6.07, 6.45) is 1.97. The molecule has 1 N–H and O–H groups in total. The van der Waals surface area contributed by atoms with Crippen LogP contribution in [0.25, 0.3) is 0 Å². The Bertz CT molecular complexity index is 593. The molecule has 7 heteroatoms. The van der Waals surface area contributed by atoms with E-state index in [2.05, 4.69) is 17.5 Å². The Morgan fingerprint density at radius 3 is 2.95 bits per heavy atom. The lowest BCUT2D eigenvalue weighted by atomic mass is 10.2. The van der Waals surface area contributed by atoms with Crippen LogP contribution in [0, 0.1) is 11.3 Å². The number of hydrazone groups is 1. The Labute approximate surface area is 138 Å². The first-order chi connectivity index (χ1) is 10.6. The molecule has 1 aromatic carbocycles. The summed E-state index contributed by atoms with van der Waals surface area (Å²) in [6.45, 7) is 2.06. The third kappa shape index (κ3) is 4.97. The molecule has 0 aliphatic carbocycles. The van der Waals surface area contributed by atoms with Gasteiger partial charge in [-0.1, -0.05) is 12.1 Å². The maximum Gasteiger partial charge on any atom is 0.242 e. The predicted molar refractivity (Wildman–Crippen MR) is 91.2 cm³/mol. The van der Waals surface area contributed by atoms with Crippen LogP contribution in [0.15, 0.2) is 29.4 Å². The minimum Gasteiger partial charge on any atom is -0.478 e. The van der Waals surface area contributed by atoms with Crippen LogP contribution in [-0.4, -0.2) is 34.3 Å². The van der Waals surface area contributed by atoms with E-state index in [1.165, 1.54) is 6.21 Å². The van der Waals surface area contributed by atoms with Gasteiger partial charge in [-0.2, -0.15) is 10.4 Å². The minimum absolute atomic E-state index is 0.0238. The Morgan fingerprint density at radius 2 is 2.23 bits per heavy atom. The van der Waals surface area contributed by atoms with Gasteiger partial charge in [0.1, 0.15) is 11.8 Å². The molecule has 1 amide bonds. The van der Waals surface area contributed by atoms with Crippen LogP contribution in [0.4, 0.5) is 0 Å². The molecular formula is C15H17N3O2S2. The molecule has 1 aromatic rings. The molecule has 0 unspecified atom stereocenters. The Balaban J connectivity index is 1.89. The summed E-state index contributed by atoms with van der Waals surface area (Å²) in [5.74, 6) is 2.63. The van der Waals surface area contributed by atoms with Crippen LogP contribution < -0.4 is 10.2 Å². The summed E-state index contributed by atoms with van der Waals surface area (Å²) < 4.78 is 5.25. The van der Waals surface area contributed by atoms with Crippen molar-refractivity contribution in [1.82, 2.24) is 5.43 Å². The second-order valence-electron chi connectivity index (χ2n) is 4.79. The third-order valence-electron chi connectivity index (χ3n) is 2.98. The zero-order chi connectivity index (χ0) is 15.8. The highest BCUT2D eigenvalue weighted by Gasteiger charge is 2.32. The molecule has 2 rings (SSSR count). The van der Waals surface area contributed by atoms with Crippen LogP contribution in [0.1, 0.15) is 18.9 Å². The van der Waals surface area contributed by atoms with Crippen molar-refractivity contribution in [1.29, 1.82) is 5.26 Å². The smallest absolute Gasteiger partial charge is 0.242 e. The SMILES string of the molecule is CC1(CC(=O)N/N=C\c2ccccc2OCC#N)SCCS1. The predicted octanol–water partition coefficient (Wildman–Crippen LogP) is 2.63. The van der Waals surface area contributed by atoms with E-state index in [4.69, 9.17) is 10.00 Å². The van der Waals surface area contributed by atoms with Gasteiger partial charge in [-0.05, 0) is 19.1 Å². The number of hydrogen-bond donors (Lipinski definition) is 1. The van der Waals surface area contributed by atoms with Gasteiger partial charge in [0.15, 0.2) is 6.61 Å². The van der Waals surface area contributed by atoms with E-state index in [9.17, 15) is 4.79 Å². The molecule has 5 nitrogen and oxygen atoms in total. The summed E-state index contributed by atoms with van der Waals surface area (Å²) in [5.41, 5.74) is 3.27. The van der Waals surface area contributed by atoms with Gasteiger partial charge in [0.25, 0.3) is 0 Å². The highest BCUT2D eigenvalue weighted by atomic mass is 32.2. The summed E-state index contributed by atoms with van der Waals surface area (Å²) in [7, 11) is 0. The van der Waals surface area contributed by atoms with Crippen molar-refractivity contribution < 1.29 is 9.53 Å². The monoisotopic (exact) mass is 335 g/mol. The van der Waals surface area contributed by atoms with E-state index in [-0.39, 0.29) is 16.6 Å². The van der Waals surface area contributed by atoms with Crippen molar-refractivity contribution >= 4 is 35.6 Å². The number of carbonyl (C=O) groups excluding carboxylic acids is 1. The molecular weight excluding hydrogens is 318 g/mol. The van der Waals surface area contributed by atoms with E-state index < -0.39 is 0 Å². The summed E-state index contributed by atoms with van der Waals surface area (Å²) >= 11 is 3.63. The Morgan fingerprint density at radius 1 is 1.50 bits per heavy atom. The zero-order valence-corrected chi connectivity index (χ0v) is 13.9. The Kier molecular flexibility index (Phi) is 6.16. The van der Waals surface area contributed by atoms with Gasteiger partial charge in [0, 0.05) is 17.1 Å². The number of rotatable bonds is 6. The number of thioether (sulfide) groups is 2. The molecule has 1 saturated heterocycles. The van der Waals surface area contributed by atoms with Crippen LogP contribution in [0.3, 0.4) is 0 Å². The third-order valence-corrected chi connectivity index (χ3v) is 6.28. The average Bonchev–Trinajstić information content (AvgIpc) is 2.92. The summed E-state index contributed by atoms with van der Waals surface area (Å²) in [6, 6.07) is 9.15. The molecule has 1 heterocycles. The first-order valence-electron chi connectivity index (χ1n) is 6.81. The van der Waals surface area contributed by atoms with Crippen LogP contribution in [-0.2, 0) is 4.79 Å². The van der Waals surface area contributed by atoms with Crippen molar-refractivity contribution in [2.24, 2.45) is 5.10 Å². The summed E-state index contributed by atoms with van der Waals surface area (Å²) in [4.78, 5) is 11.9. The van der Waals surface area contributed by atoms with Crippen LogP contribution in [0.5, 0.6) is 5.75 Å². The highest BCUT2D eigenvalue weighted by molar-refractivity contribution is 8.21. The van der Waals surface area contributed by atoms with Crippen molar-refractivity contribution in [3.8, 4) is 11.8 Å². The van der Waals surface area contributed by atoms with Gasteiger partial charge in [-0.3, -0.25) is 4.79 Å². The molecule has 0 aromatic heterocycles. The molecule has 0 spiro atoms. The molecule has 116 valence electrons. The molecule has 0 radical (unpaired) electrons. The highest BCUT2D eigenvalue weighted by Crippen LogP contribution is 2.45. The fourth-order valence-electron chi connectivity index (χ4n) is 1.99. The minimum atomic E-state index is -0.101. The molecule has 1 aliphatic rings. The molecule has 22 heavy (non-hydrogen) atoms. The molecule has 0 saturated carbocycles. The van der Waals surface area contributed by atoms with Crippen molar-refractivity contribution in [3.63, 3.8) is 0 Å². The fraction of sp³-hybridized carbons (Fsp3) is 0.400. The van der Waals surface area contributed by atoms with Gasteiger partial charge >= 0.3 is 0 Å². The van der Waals surface area contributed by atoms with Gasteiger partial charge < -0.3 is 4.74 Å². The first kappa shape index (κ1) is 16.7. The van der Waals surface area contributed by atoms with Gasteiger partial charge in [0.2, 0.25) is 5.91 Å². The molecule has 1 aliphatic heterocycles. The molecule has 0 bridgehead atoms. The topological polar surface area (TPSA) is 74.5 Å². The van der Waals surface area contributed by atoms with E-state index in [0.29, 0.717) is 17.7 Å². The number of ether oxygens (including phenoxy) is 1. The van der Waals surface area contributed by atoms with E-state index in [1.54, 1.807) is 6.07 Å². The maximum atomic E-state index is 11.9. The largest absolute Gasteiger partial charge is 0.478 e. The zero-order valence-electron chi connectivity index (χ0n) is 12.2. The quantitative estimate of drug-likeness (QED) is 0.639. The van der Waals surface area contributed by atoms with Crippen LogP contribution in [0.2, 0.25) is 0 Å². The van der Waals surface area contributed by atoms with Crippen molar-refractivity contribution in [2.75, 3.05) is 18.1 Å². The second kappa shape index (κ2) is 8.11. The lowest BCUT2D eigenvalue weighted by Gasteiger charge is -2.19. The number of nitrogens with one attached hydrogen (secondary N) is 1. The normalized spacial score (nSPS) is 16.4. The number of amides is 1. The van der Waals surface area contributed by atoms with Gasteiger partial charge in [0.05, 0.1) is 16.7 Å². The number of nitriles is 1. The lowest BCUT2D eigenvalue weighted by Crippen LogP contribution is -2.26. The second-order valence-corrected chi connectivity index (χ2v) is 8.24. The number of carbonyl (C=O) groups is 1. The van der Waals surface area contributed by atoms with E-state index >= 15 is 0 Å². The number of nitrogens with zero attached hydrogens (tertiary/aromatic N) is 2. The summed E-state index contributed by atoms with van der Waals surface area (Å²) in [5, 5.41) is 12.5. The Hall–Kier alpha value is -1.65. The lowest BCUT2D eigenvalue weighted by molar-refractivity contribution is -0.121. The van der Waals surface area contributed by atoms with Gasteiger partial charge in [-0.15, -0.1) is 23.5 Å². The number of benzene rings is 1. The maximum absolute atomic E-state index is 11.9. The van der Waals surface area contributed by atoms with Crippen molar-refractivity contribution in [2.45, 2.75) is 17.4 Å². The average molecular weight is 335 g/mol. The molecule has 0 atom stereocenters. The van der Waals surface area contributed by atoms with E-state index in [0.717, 1.165) is 11.5 Å². The molecule has 1 fully saturated rings. The van der Waals surface area contributed by atoms with E-state index in [1.807, 2.05) is 47.8 Å². The standard InChI is InChI=1S/C15H17N3O2S2/c1-15(21-8-9-22-15)10-14(19)18-17-11-12-4-2-3-5-13(12)20-7-6-16/h2-5,11H,7-10H2,1H3,(H,18,19)/b17-11-. The van der Waals surface area contributed by atoms with Crippen molar-refractivity contribution in [3.05, 3.63) is 29.8 Å². The van der Waals surface area contributed by atoms with Crippen LogP contribution >= 0.6 is 23.5 Å². The van der Waals surface area contributed by atoms with Gasteiger partial charge in [-0.25, -0.2) is 5.43 Å². The number of para-hydroxylation sites is 1. The number of hydrogen-bond acceptors (Lipinski definition) is 6.